The van der Waals surface area contributed by atoms with Crippen LogP contribution < -0.4 is 5.32 Å². The van der Waals surface area contributed by atoms with Crippen molar-refractivity contribution in [3.63, 3.8) is 0 Å². The molecule has 2 saturated heterocycles. The highest BCUT2D eigenvalue weighted by molar-refractivity contribution is 5.77. The van der Waals surface area contributed by atoms with E-state index >= 15 is 0 Å². The molecular formula is C14H26N2O2. The van der Waals surface area contributed by atoms with E-state index in [9.17, 15) is 4.79 Å². The van der Waals surface area contributed by atoms with Crippen molar-refractivity contribution in [1.29, 1.82) is 0 Å². The lowest BCUT2D eigenvalue weighted by atomic mass is 10.1. The lowest BCUT2D eigenvalue weighted by Crippen LogP contribution is -2.47. The van der Waals surface area contributed by atoms with Crippen molar-refractivity contribution in [2.45, 2.75) is 51.6 Å². The molecule has 1 N–H and O–H groups in total. The molecule has 2 fully saturated rings. The van der Waals surface area contributed by atoms with E-state index in [1.807, 2.05) is 0 Å². The molecule has 18 heavy (non-hydrogen) atoms. The third kappa shape index (κ3) is 3.69. The standard InChI is InChI=1S/C14H26N2O2/c1-11-4-3-5-12(2)16(9-11)14(17)8-13-10-18-7-6-15-13/h11-13,15H,3-10H2,1-2H3. The van der Waals surface area contributed by atoms with Crippen LogP contribution in [0.3, 0.4) is 0 Å². The van der Waals surface area contributed by atoms with E-state index in [4.69, 9.17) is 4.74 Å². The first kappa shape index (κ1) is 13.8. The fraction of sp³-hybridized carbons (Fsp3) is 0.929. The quantitative estimate of drug-likeness (QED) is 0.810. The van der Waals surface area contributed by atoms with Crippen molar-refractivity contribution in [1.82, 2.24) is 10.2 Å². The summed E-state index contributed by atoms with van der Waals surface area (Å²) in [4.78, 5) is 14.5. The van der Waals surface area contributed by atoms with Gasteiger partial charge in [-0.05, 0) is 25.7 Å². The van der Waals surface area contributed by atoms with E-state index in [1.54, 1.807) is 0 Å². The van der Waals surface area contributed by atoms with Crippen molar-refractivity contribution in [3.05, 3.63) is 0 Å². The van der Waals surface area contributed by atoms with Crippen LogP contribution in [0.5, 0.6) is 0 Å². The zero-order valence-corrected chi connectivity index (χ0v) is 11.7. The number of likely N-dealkylation sites (tertiary alicyclic amines) is 1. The number of carbonyl (C=O) groups is 1. The van der Waals surface area contributed by atoms with Crippen molar-refractivity contribution in [3.8, 4) is 0 Å². The molecule has 2 rings (SSSR count). The Bertz CT molecular complexity index is 277. The van der Waals surface area contributed by atoms with E-state index in [2.05, 4.69) is 24.1 Å². The topological polar surface area (TPSA) is 41.6 Å². The first-order valence-electron chi connectivity index (χ1n) is 7.27. The van der Waals surface area contributed by atoms with E-state index < -0.39 is 0 Å². The highest BCUT2D eigenvalue weighted by Crippen LogP contribution is 2.21. The Kier molecular flexibility index (Phi) is 5.01. The zero-order chi connectivity index (χ0) is 13.0. The largest absolute Gasteiger partial charge is 0.378 e. The predicted octanol–water partition coefficient (Wildman–Crippen LogP) is 1.40. The molecule has 0 aromatic heterocycles. The molecule has 0 bridgehead atoms. The van der Waals surface area contributed by atoms with Crippen LogP contribution in [0.4, 0.5) is 0 Å². The van der Waals surface area contributed by atoms with Crippen LogP contribution in [0.25, 0.3) is 0 Å². The average molecular weight is 254 g/mol. The zero-order valence-electron chi connectivity index (χ0n) is 11.7. The van der Waals surface area contributed by atoms with Crippen molar-refractivity contribution in [2.75, 3.05) is 26.3 Å². The first-order valence-corrected chi connectivity index (χ1v) is 7.27. The second-order valence-corrected chi connectivity index (χ2v) is 5.86. The van der Waals surface area contributed by atoms with Crippen LogP contribution in [0.2, 0.25) is 0 Å². The minimum atomic E-state index is 0.206. The third-order valence-corrected chi connectivity index (χ3v) is 4.10. The number of carbonyl (C=O) groups excluding carboxylic acids is 1. The van der Waals surface area contributed by atoms with Crippen LogP contribution >= 0.6 is 0 Å². The Morgan fingerprint density at radius 1 is 1.39 bits per heavy atom. The molecule has 1 amide bonds. The normalized spacial score (nSPS) is 34.1. The van der Waals surface area contributed by atoms with Crippen molar-refractivity contribution in [2.24, 2.45) is 5.92 Å². The summed E-state index contributed by atoms with van der Waals surface area (Å²) < 4.78 is 5.41. The number of morpholine rings is 1. The summed E-state index contributed by atoms with van der Waals surface area (Å²) in [5, 5.41) is 3.36. The summed E-state index contributed by atoms with van der Waals surface area (Å²) in [6.45, 7) is 7.66. The van der Waals surface area contributed by atoms with E-state index in [-0.39, 0.29) is 6.04 Å². The van der Waals surface area contributed by atoms with Gasteiger partial charge in [-0.3, -0.25) is 4.79 Å². The summed E-state index contributed by atoms with van der Waals surface area (Å²) in [7, 11) is 0. The van der Waals surface area contributed by atoms with Gasteiger partial charge in [0.05, 0.1) is 13.2 Å². The van der Waals surface area contributed by atoms with Crippen LogP contribution in [0.15, 0.2) is 0 Å². The molecule has 3 atom stereocenters. The second-order valence-electron chi connectivity index (χ2n) is 5.86. The number of hydrogen-bond donors (Lipinski definition) is 1. The van der Waals surface area contributed by atoms with E-state index in [0.29, 0.717) is 30.9 Å². The minimum absolute atomic E-state index is 0.206. The summed E-state index contributed by atoms with van der Waals surface area (Å²) in [6, 6.07) is 0.601. The number of amides is 1. The molecule has 2 heterocycles. The SMILES string of the molecule is CC1CCCC(C)N(C(=O)CC2COCCN2)C1. The molecule has 0 saturated carbocycles. The number of rotatable bonds is 2. The fourth-order valence-corrected chi connectivity index (χ4v) is 2.95. The maximum Gasteiger partial charge on any atom is 0.224 e. The van der Waals surface area contributed by atoms with Gasteiger partial charge in [0.1, 0.15) is 0 Å². The molecule has 0 spiro atoms. The van der Waals surface area contributed by atoms with Gasteiger partial charge < -0.3 is 15.0 Å². The molecule has 0 radical (unpaired) electrons. The monoisotopic (exact) mass is 254 g/mol. The molecule has 0 aromatic carbocycles. The Hall–Kier alpha value is -0.610. The van der Waals surface area contributed by atoms with Crippen LogP contribution in [-0.2, 0) is 9.53 Å². The highest BCUT2D eigenvalue weighted by Gasteiger charge is 2.27. The summed E-state index contributed by atoms with van der Waals surface area (Å²) in [5.41, 5.74) is 0. The average Bonchev–Trinajstić information content (AvgIpc) is 2.52. The maximum atomic E-state index is 12.4. The van der Waals surface area contributed by atoms with Crippen LogP contribution in [0.1, 0.15) is 39.5 Å². The van der Waals surface area contributed by atoms with Gasteiger partial charge in [0.25, 0.3) is 0 Å². The van der Waals surface area contributed by atoms with Gasteiger partial charge in [-0.25, -0.2) is 0 Å². The number of ether oxygens (including phenoxy) is 1. The Labute approximate surface area is 110 Å². The maximum absolute atomic E-state index is 12.4. The van der Waals surface area contributed by atoms with Gasteiger partial charge in [0.15, 0.2) is 0 Å². The Morgan fingerprint density at radius 2 is 2.22 bits per heavy atom. The van der Waals surface area contributed by atoms with Crippen LogP contribution in [0, 0.1) is 5.92 Å². The number of hydrogen-bond acceptors (Lipinski definition) is 3. The molecule has 3 unspecified atom stereocenters. The molecule has 2 aliphatic heterocycles. The lowest BCUT2D eigenvalue weighted by molar-refractivity contribution is -0.134. The van der Waals surface area contributed by atoms with Gasteiger partial charge in [0, 0.05) is 31.6 Å². The molecule has 4 nitrogen and oxygen atoms in total. The highest BCUT2D eigenvalue weighted by atomic mass is 16.5. The minimum Gasteiger partial charge on any atom is -0.378 e. The molecule has 0 aromatic rings. The third-order valence-electron chi connectivity index (χ3n) is 4.10. The molecular weight excluding hydrogens is 228 g/mol. The lowest BCUT2D eigenvalue weighted by Gasteiger charge is -2.31. The first-order chi connectivity index (χ1) is 8.66. The summed E-state index contributed by atoms with van der Waals surface area (Å²) in [5.74, 6) is 0.925. The van der Waals surface area contributed by atoms with Gasteiger partial charge in [-0.2, -0.15) is 0 Å². The van der Waals surface area contributed by atoms with Gasteiger partial charge >= 0.3 is 0 Å². The smallest absolute Gasteiger partial charge is 0.224 e. The molecule has 0 aliphatic carbocycles. The van der Waals surface area contributed by atoms with Crippen molar-refractivity contribution >= 4 is 5.91 Å². The van der Waals surface area contributed by atoms with Crippen LogP contribution in [-0.4, -0.2) is 49.2 Å². The Morgan fingerprint density at radius 3 is 2.94 bits per heavy atom. The number of nitrogens with zero attached hydrogens (tertiary/aromatic N) is 1. The van der Waals surface area contributed by atoms with E-state index in [1.165, 1.54) is 12.8 Å². The molecule has 4 heteroatoms. The fourth-order valence-electron chi connectivity index (χ4n) is 2.95. The second kappa shape index (κ2) is 6.53. The van der Waals surface area contributed by atoms with Gasteiger partial charge in [-0.1, -0.05) is 13.3 Å². The molecule has 104 valence electrons. The summed E-state index contributed by atoms with van der Waals surface area (Å²) in [6.07, 6.45) is 4.22. The predicted molar refractivity (Wildman–Crippen MR) is 71.4 cm³/mol. The molecule has 2 aliphatic rings. The number of nitrogens with one attached hydrogen (secondary N) is 1. The van der Waals surface area contributed by atoms with Crippen molar-refractivity contribution < 1.29 is 9.53 Å². The Balaban J connectivity index is 1.88. The van der Waals surface area contributed by atoms with Gasteiger partial charge in [0.2, 0.25) is 5.91 Å². The van der Waals surface area contributed by atoms with E-state index in [0.717, 1.165) is 26.1 Å². The summed E-state index contributed by atoms with van der Waals surface area (Å²) >= 11 is 0. The van der Waals surface area contributed by atoms with Gasteiger partial charge in [-0.15, -0.1) is 0 Å².